The fraction of sp³-hybridized carbons (Fsp3) is 0.182. The van der Waals surface area contributed by atoms with Gasteiger partial charge in [0.2, 0.25) is 0 Å². The molecule has 1 aromatic rings. The highest BCUT2D eigenvalue weighted by atomic mass is 19.4. The molecule has 0 saturated heterocycles. The molecule has 100 valence electrons. The number of rotatable bonds is 2. The van der Waals surface area contributed by atoms with Crippen molar-refractivity contribution in [2.24, 2.45) is 0 Å². The van der Waals surface area contributed by atoms with E-state index in [0.29, 0.717) is 11.0 Å². The number of carbonyl (C=O) groups excluding carboxylic acids is 2. The van der Waals surface area contributed by atoms with Gasteiger partial charge in [0, 0.05) is 6.20 Å². The molecule has 0 N–H and O–H groups in total. The van der Waals surface area contributed by atoms with Crippen molar-refractivity contribution >= 4 is 17.6 Å². The molecule has 2 amide bonds. The largest absolute Gasteiger partial charge is 0.491 e. The molecule has 0 spiro atoms. The summed E-state index contributed by atoms with van der Waals surface area (Å²) in [6.45, 7) is 0. The van der Waals surface area contributed by atoms with Crippen molar-refractivity contribution in [1.29, 1.82) is 0 Å². The van der Waals surface area contributed by atoms with E-state index in [9.17, 15) is 22.8 Å². The van der Waals surface area contributed by atoms with Crippen LogP contribution in [0.25, 0.3) is 0 Å². The number of ether oxygens (including phenoxy) is 1. The van der Waals surface area contributed by atoms with Gasteiger partial charge in [-0.1, -0.05) is 0 Å². The molecule has 19 heavy (non-hydrogen) atoms. The van der Waals surface area contributed by atoms with Crippen LogP contribution in [0.1, 0.15) is 5.56 Å². The summed E-state index contributed by atoms with van der Waals surface area (Å²) in [5.74, 6) is -2.29. The van der Waals surface area contributed by atoms with E-state index in [1.807, 2.05) is 0 Å². The van der Waals surface area contributed by atoms with Gasteiger partial charge in [0.25, 0.3) is 5.91 Å². The Labute approximate surface area is 105 Å². The predicted molar refractivity (Wildman–Crippen MR) is 56.8 cm³/mol. The molecule has 0 atom stereocenters. The van der Waals surface area contributed by atoms with Crippen molar-refractivity contribution in [3.63, 3.8) is 0 Å². The monoisotopic (exact) mass is 272 g/mol. The number of aromatic nitrogens is 1. The van der Waals surface area contributed by atoms with E-state index in [2.05, 4.69) is 9.72 Å². The number of hydrogen-bond acceptors (Lipinski definition) is 4. The highest BCUT2D eigenvalue weighted by Gasteiger charge is 2.36. The van der Waals surface area contributed by atoms with Crippen molar-refractivity contribution in [2.75, 3.05) is 12.0 Å². The molecule has 0 unspecified atom stereocenters. The minimum Gasteiger partial charge on any atom is -0.491 e. The average molecular weight is 272 g/mol. The lowest BCUT2D eigenvalue weighted by Crippen LogP contribution is -2.32. The van der Waals surface area contributed by atoms with Gasteiger partial charge in [-0.25, -0.2) is 9.88 Å². The highest BCUT2D eigenvalue weighted by Crippen LogP contribution is 2.31. The van der Waals surface area contributed by atoms with Crippen molar-refractivity contribution < 1.29 is 27.5 Å². The summed E-state index contributed by atoms with van der Waals surface area (Å²) in [6, 6.07) is 1.38. The molecule has 8 heteroatoms. The van der Waals surface area contributed by atoms with Crippen LogP contribution in [-0.2, 0) is 20.5 Å². The Morgan fingerprint density at radius 2 is 2.00 bits per heavy atom. The summed E-state index contributed by atoms with van der Waals surface area (Å²) < 4.78 is 42.3. The quantitative estimate of drug-likeness (QED) is 0.765. The number of hydrogen-bond donors (Lipinski definition) is 0. The molecule has 0 radical (unpaired) electrons. The second-order valence-electron chi connectivity index (χ2n) is 3.59. The molecular weight excluding hydrogens is 265 g/mol. The van der Waals surface area contributed by atoms with Crippen LogP contribution >= 0.6 is 0 Å². The van der Waals surface area contributed by atoms with Crippen molar-refractivity contribution in [2.45, 2.75) is 6.18 Å². The maximum absolute atomic E-state index is 12.5. The van der Waals surface area contributed by atoms with Crippen LogP contribution in [0.15, 0.2) is 30.2 Å². The number of nitrogens with zero attached hydrogens (tertiary/aromatic N) is 2. The second kappa shape index (κ2) is 4.38. The fourth-order valence-electron chi connectivity index (χ4n) is 1.53. The number of carbonyl (C=O) groups is 2. The summed E-state index contributed by atoms with van der Waals surface area (Å²) in [4.78, 5) is 27.4. The van der Waals surface area contributed by atoms with Gasteiger partial charge < -0.3 is 4.74 Å². The van der Waals surface area contributed by atoms with E-state index >= 15 is 0 Å². The number of anilines is 1. The molecule has 0 saturated carbocycles. The Kier molecular flexibility index (Phi) is 3.01. The van der Waals surface area contributed by atoms with Crippen LogP contribution in [0, 0.1) is 0 Å². The number of imide groups is 1. The van der Waals surface area contributed by atoms with Gasteiger partial charge in [-0.3, -0.25) is 9.59 Å². The first-order chi connectivity index (χ1) is 8.84. The number of amides is 2. The molecule has 0 bridgehead atoms. The Hall–Kier alpha value is -2.38. The molecule has 1 aliphatic heterocycles. The molecular formula is C11H7F3N2O3. The van der Waals surface area contributed by atoms with Gasteiger partial charge in [-0.2, -0.15) is 13.2 Å². The fourth-order valence-corrected chi connectivity index (χ4v) is 1.53. The third-order valence-corrected chi connectivity index (χ3v) is 2.41. The van der Waals surface area contributed by atoms with Gasteiger partial charge >= 0.3 is 12.1 Å². The van der Waals surface area contributed by atoms with Crippen LogP contribution in [0.5, 0.6) is 0 Å². The Morgan fingerprint density at radius 3 is 2.53 bits per heavy atom. The van der Waals surface area contributed by atoms with Crippen molar-refractivity contribution in [3.8, 4) is 0 Å². The van der Waals surface area contributed by atoms with Crippen LogP contribution < -0.4 is 4.90 Å². The summed E-state index contributed by atoms with van der Waals surface area (Å²) in [7, 11) is 1.18. The first-order valence-electron chi connectivity index (χ1n) is 5.02. The van der Waals surface area contributed by atoms with Crippen LogP contribution in [0.2, 0.25) is 0 Å². The van der Waals surface area contributed by atoms with E-state index in [1.54, 1.807) is 0 Å². The molecule has 0 aromatic carbocycles. The van der Waals surface area contributed by atoms with Crippen LogP contribution in [-0.4, -0.2) is 23.9 Å². The molecule has 0 fully saturated rings. The van der Waals surface area contributed by atoms with Crippen molar-refractivity contribution in [1.82, 2.24) is 4.98 Å². The minimum absolute atomic E-state index is 0.246. The predicted octanol–water partition coefficient (Wildman–Crippen LogP) is 1.50. The third-order valence-electron chi connectivity index (χ3n) is 2.41. The average Bonchev–Trinajstić information content (AvgIpc) is 2.63. The van der Waals surface area contributed by atoms with Gasteiger partial charge in [-0.05, 0) is 12.1 Å². The van der Waals surface area contributed by atoms with E-state index in [1.165, 1.54) is 7.11 Å². The lowest BCUT2D eigenvalue weighted by molar-refractivity contribution is -0.137. The zero-order chi connectivity index (χ0) is 14.2. The van der Waals surface area contributed by atoms with Gasteiger partial charge in [-0.15, -0.1) is 0 Å². The molecule has 5 nitrogen and oxygen atoms in total. The Balaban J connectivity index is 2.39. The number of pyridine rings is 1. The second-order valence-corrected chi connectivity index (χ2v) is 3.59. The lowest BCUT2D eigenvalue weighted by Gasteiger charge is -2.15. The lowest BCUT2D eigenvalue weighted by atomic mass is 10.2. The zero-order valence-electron chi connectivity index (χ0n) is 9.56. The molecule has 0 aliphatic carbocycles. The van der Waals surface area contributed by atoms with Crippen molar-refractivity contribution in [3.05, 3.63) is 35.7 Å². The molecule has 1 aliphatic rings. The van der Waals surface area contributed by atoms with Gasteiger partial charge in [0.05, 0.1) is 18.7 Å². The normalized spacial score (nSPS) is 15.8. The Morgan fingerprint density at radius 1 is 1.32 bits per heavy atom. The van der Waals surface area contributed by atoms with Gasteiger partial charge in [0.1, 0.15) is 5.82 Å². The maximum Gasteiger partial charge on any atom is 0.416 e. The summed E-state index contributed by atoms with van der Waals surface area (Å²) in [5.41, 5.74) is -0.996. The summed E-state index contributed by atoms with van der Waals surface area (Å²) in [5, 5.41) is 0. The maximum atomic E-state index is 12.5. The van der Waals surface area contributed by atoms with Crippen LogP contribution in [0.3, 0.4) is 0 Å². The standard InChI is InChI=1S/C11H7F3N2O3/c1-19-7-5-9(17)16(10(7)18)8-4-6(2-3-15-8)11(12,13)14/h2-5H,1H3. The number of methoxy groups -OCH3 is 1. The number of halogens is 3. The first kappa shape index (κ1) is 13.1. The number of alkyl halides is 3. The van der Waals surface area contributed by atoms with E-state index in [4.69, 9.17) is 0 Å². The smallest absolute Gasteiger partial charge is 0.416 e. The minimum atomic E-state index is -4.58. The van der Waals surface area contributed by atoms with Gasteiger partial charge in [0.15, 0.2) is 5.76 Å². The van der Waals surface area contributed by atoms with E-state index in [0.717, 1.165) is 18.3 Å². The summed E-state index contributed by atoms with van der Waals surface area (Å²) in [6.07, 6.45) is -2.81. The van der Waals surface area contributed by atoms with E-state index in [-0.39, 0.29) is 5.76 Å². The topological polar surface area (TPSA) is 59.5 Å². The molecule has 2 heterocycles. The Bertz CT molecular complexity index is 581. The zero-order valence-corrected chi connectivity index (χ0v) is 9.56. The highest BCUT2D eigenvalue weighted by molar-refractivity contribution is 6.29. The molecule has 1 aromatic heterocycles. The first-order valence-corrected chi connectivity index (χ1v) is 5.02. The third kappa shape index (κ3) is 2.28. The summed E-state index contributed by atoms with van der Waals surface area (Å²) >= 11 is 0. The van der Waals surface area contributed by atoms with E-state index < -0.39 is 29.4 Å². The molecule has 2 rings (SSSR count). The SMILES string of the molecule is COC1=CC(=O)N(c2cc(C(F)(F)F)ccn2)C1=O. The van der Waals surface area contributed by atoms with Crippen LogP contribution in [0.4, 0.5) is 19.0 Å².